The molecule has 1 heterocycles. The Bertz CT molecular complexity index is 672. The van der Waals surface area contributed by atoms with Gasteiger partial charge in [0.2, 0.25) is 5.91 Å². The van der Waals surface area contributed by atoms with E-state index in [4.69, 9.17) is 10.5 Å². The number of amides is 1. The van der Waals surface area contributed by atoms with Gasteiger partial charge in [-0.3, -0.25) is 4.79 Å². The maximum Gasteiger partial charge on any atom is 0.244 e. The fourth-order valence-electron chi connectivity index (χ4n) is 3.32. The van der Waals surface area contributed by atoms with Crippen molar-refractivity contribution in [2.75, 3.05) is 13.2 Å². The third-order valence-electron chi connectivity index (χ3n) is 4.97. The van der Waals surface area contributed by atoms with Gasteiger partial charge in [-0.1, -0.05) is 42.5 Å². The van der Waals surface area contributed by atoms with Gasteiger partial charge in [-0.25, -0.2) is 0 Å². The van der Waals surface area contributed by atoms with Crippen molar-refractivity contribution in [3.8, 4) is 0 Å². The average Bonchev–Trinajstić information content (AvgIpc) is 3.48. The van der Waals surface area contributed by atoms with Gasteiger partial charge >= 0.3 is 0 Å². The van der Waals surface area contributed by atoms with E-state index in [1.165, 1.54) is 31.3 Å². The second kappa shape index (κ2) is 6.34. The maximum atomic E-state index is 12.3. The second-order valence-corrected chi connectivity index (χ2v) is 7.06. The molecule has 0 spiro atoms. The molecule has 0 bridgehead atoms. The molecule has 4 nitrogen and oxygen atoms in total. The zero-order valence-corrected chi connectivity index (χ0v) is 13.9. The summed E-state index contributed by atoms with van der Waals surface area (Å²) in [5, 5.41) is 0. The number of nitrogens with two attached hydrogens (primary N) is 1. The molecule has 1 atom stereocenters. The van der Waals surface area contributed by atoms with Gasteiger partial charge < -0.3 is 15.4 Å². The number of ether oxygens (including phenoxy) is 1. The summed E-state index contributed by atoms with van der Waals surface area (Å²) in [6.07, 6.45) is 9.21. The van der Waals surface area contributed by atoms with Crippen LogP contribution in [-0.2, 0) is 9.53 Å². The number of rotatable bonds is 7. The first-order valence-corrected chi connectivity index (χ1v) is 8.88. The fourth-order valence-corrected chi connectivity index (χ4v) is 3.32. The lowest BCUT2D eigenvalue weighted by molar-refractivity contribution is -0.123. The number of allylic oxidation sites excluding steroid dienone is 2. The third kappa shape index (κ3) is 3.18. The van der Waals surface area contributed by atoms with Crippen LogP contribution < -0.4 is 5.73 Å². The van der Waals surface area contributed by atoms with Crippen LogP contribution in [0.3, 0.4) is 0 Å². The van der Waals surface area contributed by atoms with Gasteiger partial charge in [0.05, 0.1) is 6.61 Å². The number of primary amides is 1. The first-order chi connectivity index (χ1) is 11.7. The Morgan fingerprint density at radius 1 is 1.21 bits per heavy atom. The van der Waals surface area contributed by atoms with Gasteiger partial charge in [0.1, 0.15) is 6.04 Å². The lowest BCUT2D eigenvalue weighted by Crippen LogP contribution is -2.40. The van der Waals surface area contributed by atoms with Crippen molar-refractivity contribution >= 4 is 5.91 Å². The van der Waals surface area contributed by atoms with Crippen molar-refractivity contribution in [2.24, 2.45) is 17.6 Å². The molecule has 1 aliphatic heterocycles. The molecule has 3 aliphatic rings. The maximum absolute atomic E-state index is 12.3. The Labute approximate surface area is 143 Å². The van der Waals surface area contributed by atoms with Crippen LogP contribution in [-0.4, -0.2) is 24.0 Å². The highest BCUT2D eigenvalue weighted by Gasteiger charge is 2.36. The van der Waals surface area contributed by atoms with E-state index in [9.17, 15) is 4.79 Å². The number of benzene rings is 1. The Kier molecular flexibility index (Phi) is 4.05. The van der Waals surface area contributed by atoms with Gasteiger partial charge in [0.25, 0.3) is 0 Å². The van der Waals surface area contributed by atoms with Crippen molar-refractivity contribution in [1.82, 2.24) is 4.90 Å². The molecule has 2 saturated carbocycles. The summed E-state index contributed by atoms with van der Waals surface area (Å²) in [6, 6.07) is 9.28. The van der Waals surface area contributed by atoms with Crippen LogP contribution in [0.25, 0.3) is 0 Å². The number of hydrogen-bond donors (Lipinski definition) is 1. The van der Waals surface area contributed by atoms with E-state index in [1.54, 1.807) is 0 Å². The minimum Gasteiger partial charge on any atom is -0.479 e. The van der Waals surface area contributed by atoms with Crippen LogP contribution in [0.1, 0.15) is 37.3 Å². The lowest BCUT2D eigenvalue weighted by atomic mass is 10.0. The van der Waals surface area contributed by atoms with Crippen molar-refractivity contribution < 1.29 is 9.53 Å². The third-order valence-corrected chi connectivity index (χ3v) is 4.97. The van der Waals surface area contributed by atoms with Crippen LogP contribution in [0, 0.1) is 11.8 Å². The molecular weight excluding hydrogens is 300 g/mol. The Morgan fingerprint density at radius 2 is 1.96 bits per heavy atom. The summed E-state index contributed by atoms with van der Waals surface area (Å²) in [7, 11) is 0. The van der Waals surface area contributed by atoms with E-state index in [2.05, 4.69) is 12.2 Å². The molecule has 4 heteroatoms. The minimum absolute atomic E-state index is 0.334. The van der Waals surface area contributed by atoms with Crippen molar-refractivity contribution in [2.45, 2.75) is 31.7 Å². The summed E-state index contributed by atoms with van der Waals surface area (Å²) in [5.74, 6) is 1.79. The van der Waals surface area contributed by atoms with Crippen molar-refractivity contribution in [3.05, 3.63) is 59.5 Å². The largest absolute Gasteiger partial charge is 0.479 e. The van der Waals surface area contributed by atoms with Crippen molar-refractivity contribution in [3.63, 3.8) is 0 Å². The van der Waals surface area contributed by atoms with Gasteiger partial charge in [-0.05, 0) is 43.1 Å². The molecule has 4 rings (SSSR count). The summed E-state index contributed by atoms with van der Waals surface area (Å²) in [5.41, 5.74) is 7.94. The monoisotopic (exact) mass is 324 g/mol. The summed E-state index contributed by atoms with van der Waals surface area (Å²) in [6.45, 7) is 1.40. The van der Waals surface area contributed by atoms with E-state index in [1.807, 2.05) is 35.2 Å². The van der Waals surface area contributed by atoms with E-state index in [-0.39, 0.29) is 5.91 Å². The molecule has 24 heavy (non-hydrogen) atoms. The highest BCUT2D eigenvalue weighted by Crippen LogP contribution is 2.43. The Hall–Kier alpha value is -2.23. The predicted molar refractivity (Wildman–Crippen MR) is 92.6 cm³/mol. The predicted octanol–water partition coefficient (Wildman–Crippen LogP) is 3.13. The first-order valence-electron chi connectivity index (χ1n) is 8.88. The number of hydrogen-bond acceptors (Lipinski definition) is 3. The fraction of sp³-hybridized carbons (Fsp3) is 0.450. The molecule has 0 saturated heterocycles. The standard InChI is InChI=1S/C20H24N2O2/c21-19(23)18(16-5-2-1-3-6-16)22-12-4-7-17(15-10-11-15)20(22)24-13-14-8-9-14/h1-7,14-15,18H,8-13H2,(H2,21,23)/t18-/m1/s1. The molecule has 1 aromatic carbocycles. The van der Waals surface area contributed by atoms with Gasteiger partial charge in [-0.2, -0.15) is 0 Å². The molecule has 1 amide bonds. The minimum atomic E-state index is -0.487. The quantitative estimate of drug-likeness (QED) is 0.838. The number of nitrogens with zero attached hydrogens (tertiary/aromatic N) is 1. The normalized spacial score (nSPS) is 21.8. The van der Waals surface area contributed by atoms with Gasteiger partial charge in [0, 0.05) is 12.1 Å². The summed E-state index contributed by atoms with van der Waals surface area (Å²) >= 11 is 0. The number of carbonyl (C=O) groups is 1. The van der Waals surface area contributed by atoms with Crippen LogP contribution in [0.5, 0.6) is 0 Å². The zero-order chi connectivity index (χ0) is 16.5. The molecule has 0 radical (unpaired) electrons. The SMILES string of the molecule is NC(=O)[C@@H](c1ccccc1)N1CC=CC(C2CC2)=C1OCC1CC1. The summed E-state index contributed by atoms with van der Waals surface area (Å²) in [4.78, 5) is 14.3. The highest BCUT2D eigenvalue weighted by molar-refractivity contribution is 5.81. The first kappa shape index (κ1) is 15.3. The smallest absolute Gasteiger partial charge is 0.244 e. The van der Waals surface area contributed by atoms with Gasteiger partial charge in [-0.15, -0.1) is 0 Å². The van der Waals surface area contributed by atoms with Gasteiger partial charge in [0.15, 0.2) is 5.88 Å². The van der Waals surface area contributed by atoms with E-state index < -0.39 is 6.04 Å². The Morgan fingerprint density at radius 3 is 2.58 bits per heavy atom. The van der Waals surface area contributed by atoms with E-state index in [0.29, 0.717) is 18.4 Å². The molecular formula is C20H24N2O2. The van der Waals surface area contributed by atoms with Crippen LogP contribution in [0.2, 0.25) is 0 Å². The molecule has 2 N–H and O–H groups in total. The van der Waals surface area contributed by atoms with Crippen LogP contribution in [0.15, 0.2) is 53.9 Å². The molecule has 0 aromatic heterocycles. The van der Waals surface area contributed by atoms with Crippen LogP contribution in [0.4, 0.5) is 0 Å². The Balaban J connectivity index is 1.67. The second-order valence-electron chi connectivity index (χ2n) is 7.06. The zero-order valence-electron chi connectivity index (χ0n) is 13.9. The van der Waals surface area contributed by atoms with E-state index in [0.717, 1.165) is 18.1 Å². The molecule has 126 valence electrons. The summed E-state index contributed by atoms with van der Waals surface area (Å²) < 4.78 is 6.23. The van der Waals surface area contributed by atoms with Crippen LogP contribution >= 0.6 is 0 Å². The lowest BCUT2D eigenvalue weighted by Gasteiger charge is -2.35. The number of carbonyl (C=O) groups excluding carboxylic acids is 1. The molecule has 2 fully saturated rings. The topological polar surface area (TPSA) is 55.6 Å². The molecule has 2 aliphatic carbocycles. The highest BCUT2D eigenvalue weighted by atomic mass is 16.5. The molecule has 0 unspecified atom stereocenters. The average molecular weight is 324 g/mol. The van der Waals surface area contributed by atoms with Crippen molar-refractivity contribution in [1.29, 1.82) is 0 Å². The molecule has 1 aromatic rings. The van der Waals surface area contributed by atoms with E-state index >= 15 is 0 Å².